The number of hydrogen-bond acceptors (Lipinski definition) is 1. The van der Waals surface area contributed by atoms with Gasteiger partial charge in [0.1, 0.15) is 0 Å². The zero-order chi connectivity index (χ0) is 8.55. The van der Waals surface area contributed by atoms with Crippen molar-refractivity contribution in [2.24, 2.45) is 5.92 Å². The van der Waals surface area contributed by atoms with Crippen LogP contribution in [0.3, 0.4) is 0 Å². The van der Waals surface area contributed by atoms with Gasteiger partial charge in [-0.25, -0.2) is 0 Å². The van der Waals surface area contributed by atoms with E-state index in [2.05, 4.69) is 25.3 Å². The summed E-state index contributed by atoms with van der Waals surface area (Å²) in [6, 6.07) is 2.31. The normalized spacial score (nSPS) is 21.8. The summed E-state index contributed by atoms with van der Waals surface area (Å²) in [7, 11) is 0. The molecule has 0 bridgehead atoms. The summed E-state index contributed by atoms with van der Waals surface area (Å²) in [5, 5.41) is 2.25. The lowest BCUT2D eigenvalue weighted by Gasteiger charge is -2.11. The molecule has 0 nitrogen and oxygen atoms in total. The van der Waals surface area contributed by atoms with E-state index in [4.69, 9.17) is 0 Å². The van der Waals surface area contributed by atoms with Crippen LogP contribution in [-0.4, -0.2) is 0 Å². The van der Waals surface area contributed by atoms with E-state index >= 15 is 0 Å². The van der Waals surface area contributed by atoms with Crippen LogP contribution in [0.5, 0.6) is 0 Å². The van der Waals surface area contributed by atoms with Crippen LogP contribution in [0, 0.1) is 5.92 Å². The average Bonchev–Trinajstić information content (AvgIpc) is 2.52. The molecular weight excluding hydrogens is 164 g/mol. The third-order valence-electron chi connectivity index (χ3n) is 2.67. The van der Waals surface area contributed by atoms with Crippen LogP contribution in [0.1, 0.15) is 43.0 Å². The van der Waals surface area contributed by atoms with E-state index in [1.165, 1.54) is 19.3 Å². The molecule has 0 radical (unpaired) electrons. The Morgan fingerprint density at radius 3 is 3.17 bits per heavy atom. The second-order valence-corrected chi connectivity index (χ2v) is 5.12. The summed E-state index contributed by atoms with van der Waals surface area (Å²) in [4.78, 5) is 1.68. The van der Waals surface area contributed by atoms with Gasteiger partial charge >= 0.3 is 0 Å². The minimum atomic E-state index is 0.850. The maximum absolute atomic E-state index is 2.33. The highest BCUT2D eigenvalue weighted by atomic mass is 32.1. The standard InChI is InChI=1S/C11H16S/c1-8(2)7-10-4-3-9-5-6-12-11(9)10/h5-6,8,10H,3-4,7H2,1-2H3. The van der Waals surface area contributed by atoms with Gasteiger partial charge in [0.05, 0.1) is 0 Å². The van der Waals surface area contributed by atoms with Crippen LogP contribution < -0.4 is 0 Å². The Balaban J connectivity index is 2.12. The molecule has 0 saturated carbocycles. The molecule has 0 N–H and O–H groups in total. The minimum Gasteiger partial charge on any atom is -0.148 e. The van der Waals surface area contributed by atoms with Crippen LogP contribution in [0.25, 0.3) is 0 Å². The summed E-state index contributed by atoms with van der Waals surface area (Å²) >= 11 is 1.96. The molecule has 1 aliphatic rings. The first-order valence-corrected chi connectivity index (χ1v) is 5.71. The van der Waals surface area contributed by atoms with Crippen LogP contribution in [0.15, 0.2) is 11.4 Å². The molecular formula is C11H16S. The van der Waals surface area contributed by atoms with Gasteiger partial charge in [-0.3, -0.25) is 0 Å². The Morgan fingerprint density at radius 1 is 1.58 bits per heavy atom. The lowest BCUT2D eigenvalue weighted by atomic mass is 9.96. The summed E-state index contributed by atoms with van der Waals surface area (Å²) in [5.74, 6) is 1.74. The summed E-state index contributed by atoms with van der Waals surface area (Å²) < 4.78 is 0. The highest BCUT2D eigenvalue weighted by Gasteiger charge is 2.23. The van der Waals surface area contributed by atoms with Crippen molar-refractivity contribution in [3.05, 3.63) is 21.9 Å². The first-order chi connectivity index (χ1) is 5.77. The molecule has 1 unspecified atom stereocenters. The molecule has 0 amide bonds. The van der Waals surface area contributed by atoms with Crippen molar-refractivity contribution in [1.82, 2.24) is 0 Å². The monoisotopic (exact) mass is 180 g/mol. The summed E-state index contributed by atoms with van der Waals surface area (Å²) in [5.41, 5.74) is 1.63. The van der Waals surface area contributed by atoms with Gasteiger partial charge in [0.2, 0.25) is 0 Å². The van der Waals surface area contributed by atoms with Gasteiger partial charge in [-0.2, -0.15) is 0 Å². The number of rotatable bonds is 2. The summed E-state index contributed by atoms with van der Waals surface area (Å²) in [6.07, 6.45) is 4.12. The fourth-order valence-electron chi connectivity index (χ4n) is 2.17. The highest BCUT2D eigenvalue weighted by molar-refractivity contribution is 7.10. The Labute approximate surface area is 78.6 Å². The Kier molecular flexibility index (Phi) is 2.22. The second-order valence-electron chi connectivity index (χ2n) is 4.18. The van der Waals surface area contributed by atoms with Crippen molar-refractivity contribution in [1.29, 1.82) is 0 Å². The topological polar surface area (TPSA) is 0 Å². The number of aryl methyl sites for hydroxylation is 1. The minimum absolute atomic E-state index is 0.850. The molecule has 1 aromatic rings. The smallest absolute Gasteiger partial charge is 0.0108 e. The maximum Gasteiger partial charge on any atom is 0.0108 e. The molecule has 0 fully saturated rings. The van der Waals surface area contributed by atoms with E-state index in [1.807, 2.05) is 11.3 Å². The molecule has 0 aliphatic heterocycles. The van der Waals surface area contributed by atoms with E-state index in [0.717, 1.165) is 11.8 Å². The van der Waals surface area contributed by atoms with Gasteiger partial charge in [0.25, 0.3) is 0 Å². The molecule has 0 saturated heterocycles. The van der Waals surface area contributed by atoms with Crippen molar-refractivity contribution < 1.29 is 0 Å². The number of fused-ring (bicyclic) bond motifs is 1. The van der Waals surface area contributed by atoms with E-state index in [9.17, 15) is 0 Å². The quantitative estimate of drug-likeness (QED) is 0.649. The van der Waals surface area contributed by atoms with Gasteiger partial charge in [0.15, 0.2) is 0 Å². The molecule has 0 aromatic carbocycles. The Hall–Kier alpha value is -0.300. The predicted molar refractivity (Wildman–Crippen MR) is 54.8 cm³/mol. The van der Waals surface area contributed by atoms with Gasteiger partial charge in [-0.05, 0) is 48.1 Å². The first kappa shape index (κ1) is 8.31. The van der Waals surface area contributed by atoms with Crippen LogP contribution in [0.2, 0.25) is 0 Å². The van der Waals surface area contributed by atoms with Gasteiger partial charge in [-0.1, -0.05) is 13.8 Å². The molecule has 1 heteroatoms. The molecule has 2 rings (SSSR count). The second kappa shape index (κ2) is 3.21. The van der Waals surface area contributed by atoms with Crippen molar-refractivity contribution in [2.45, 2.75) is 39.0 Å². The highest BCUT2D eigenvalue weighted by Crippen LogP contribution is 2.40. The van der Waals surface area contributed by atoms with Crippen molar-refractivity contribution in [2.75, 3.05) is 0 Å². The number of thiophene rings is 1. The van der Waals surface area contributed by atoms with Crippen molar-refractivity contribution in [3.8, 4) is 0 Å². The van der Waals surface area contributed by atoms with Crippen molar-refractivity contribution in [3.63, 3.8) is 0 Å². The van der Waals surface area contributed by atoms with E-state index < -0.39 is 0 Å². The molecule has 66 valence electrons. The molecule has 0 spiro atoms. The third kappa shape index (κ3) is 1.42. The maximum atomic E-state index is 2.33. The predicted octanol–water partition coefficient (Wildman–Crippen LogP) is 3.82. The Morgan fingerprint density at radius 2 is 2.42 bits per heavy atom. The first-order valence-electron chi connectivity index (χ1n) is 4.83. The van der Waals surface area contributed by atoms with Crippen molar-refractivity contribution >= 4 is 11.3 Å². The molecule has 1 heterocycles. The third-order valence-corrected chi connectivity index (χ3v) is 3.79. The SMILES string of the molecule is CC(C)CC1CCc2ccsc21. The van der Waals surface area contributed by atoms with Gasteiger partial charge in [0, 0.05) is 4.88 Å². The number of hydrogen-bond donors (Lipinski definition) is 0. The lowest BCUT2D eigenvalue weighted by molar-refractivity contribution is 0.500. The van der Waals surface area contributed by atoms with E-state index in [1.54, 1.807) is 10.4 Å². The molecule has 1 aromatic heterocycles. The van der Waals surface area contributed by atoms with Gasteiger partial charge < -0.3 is 0 Å². The summed E-state index contributed by atoms with van der Waals surface area (Å²) in [6.45, 7) is 4.65. The van der Waals surface area contributed by atoms with Gasteiger partial charge in [-0.15, -0.1) is 11.3 Å². The molecule has 12 heavy (non-hydrogen) atoms. The fraction of sp³-hybridized carbons (Fsp3) is 0.636. The fourth-order valence-corrected chi connectivity index (χ4v) is 3.27. The lowest BCUT2D eigenvalue weighted by Crippen LogP contribution is -1.96. The average molecular weight is 180 g/mol. The van der Waals surface area contributed by atoms with Crippen LogP contribution in [0.4, 0.5) is 0 Å². The largest absolute Gasteiger partial charge is 0.148 e. The van der Waals surface area contributed by atoms with E-state index in [-0.39, 0.29) is 0 Å². The molecule has 1 aliphatic carbocycles. The van der Waals surface area contributed by atoms with Crippen LogP contribution in [-0.2, 0) is 6.42 Å². The zero-order valence-electron chi connectivity index (χ0n) is 7.84. The van der Waals surface area contributed by atoms with E-state index in [0.29, 0.717) is 0 Å². The molecule has 1 atom stereocenters. The van der Waals surface area contributed by atoms with Crippen LogP contribution >= 0.6 is 11.3 Å². The Bertz CT molecular complexity index is 260. The zero-order valence-corrected chi connectivity index (χ0v) is 8.66.